The van der Waals surface area contributed by atoms with Crippen LogP contribution in [0.15, 0.2) is 28.7 Å². The predicted octanol–water partition coefficient (Wildman–Crippen LogP) is 2.92. The van der Waals surface area contributed by atoms with Gasteiger partial charge in [0, 0.05) is 5.39 Å². The molecule has 1 aliphatic rings. The van der Waals surface area contributed by atoms with Crippen LogP contribution >= 0.6 is 0 Å². The number of nitrogens with one attached hydrogen (secondary N) is 1. The van der Waals surface area contributed by atoms with Crippen molar-refractivity contribution in [2.45, 2.75) is 25.8 Å². The predicted molar refractivity (Wildman–Crippen MR) is 90.6 cm³/mol. The molecule has 1 aromatic heterocycles. The lowest BCUT2D eigenvalue weighted by Gasteiger charge is -2.23. The van der Waals surface area contributed by atoms with E-state index in [1.165, 1.54) is 0 Å². The van der Waals surface area contributed by atoms with Crippen molar-refractivity contribution in [1.29, 1.82) is 0 Å². The molecule has 0 amide bonds. The number of methoxy groups -OCH3 is 1. The lowest BCUT2D eigenvalue weighted by Crippen LogP contribution is -2.32. The highest BCUT2D eigenvalue weighted by Gasteiger charge is 2.24. The van der Waals surface area contributed by atoms with Gasteiger partial charge in [-0.25, -0.2) is 8.42 Å². The van der Waals surface area contributed by atoms with Crippen molar-refractivity contribution in [1.82, 2.24) is 5.32 Å². The normalized spacial score (nSPS) is 19.7. The average Bonchev–Trinajstić information content (AvgIpc) is 2.97. The Morgan fingerprint density at radius 3 is 2.78 bits per heavy atom. The molecule has 1 saturated heterocycles. The Hall–Kier alpha value is -1.53. The molecule has 2 heterocycles. The average molecular weight is 337 g/mol. The Labute approximate surface area is 136 Å². The molecule has 0 unspecified atom stereocenters. The fourth-order valence-corrected chi connectivity index (χ4v) is 4.61. The molecule has 5 nitrogen and oxygen atoms in total. The molecule has 126 valence electrons. The van der Waals surface area contributed by atoms with E-state index >= 15 is 0 Å². The monoisotopic (exact) mass is 337 g/mol. The highest BCUT2D eigenvalue weighted by Crippen LogP contribution is 2.31. The number of benzene rings is 1. The molecule has 2 aromatic rings. The summed E-state index contributed by atoms with van der Waals surface area (Å²) in [7, 11) is -1.16. The molecule has 3 rings (SSSR count). The second kappa shape index (κ2) is 6.53. The molecular weight excluding hydrogens is 314 g/mol. The van der Waals surface area contributed by atoms with Gasteiger partial charge in [0.25, 0.3) is 0 Å². The summed E-state index contributed by atoms with van der Waals surface area (Å²) in [6, 6.07) is 7.94. The van der Waals surface area contributed by atoms with Crippen molar-refractivity contribution >= 4 is 20.8 Å². The Balaban J connectivity index is 1.63. The summed E-state index contributed by atoms with van der Waals surface area (Å²) in [4.78, 5) is 0. The summed E-state index contributed by atoms with van der Waals surface area (Å²) < 4.78 is 34.2. The number of rotatable bonds is 5. The van der Waals surface area contributed by atoms with E-state index in [9.17, 15) is 8.42 Å². The van der Waals surface area contributed by atoms with Gasteiger partial charge in [-0.15, -0.1) is 0 Å². The molecule has 1 N–H and O–H groups in total. The number of hydrogen-bond donors (Lipinski definition) is 1. The smallest absolute Gasteiger partial charge is 0.176 e. The molecule has 0 bridgehead atoms. The van der Waals surface area contributed by atoms with Crippen LogP contribution in [0.3, 0.4) is 0 Å². The van der Waals surface area contributed by atoms with Crippen LogP contribution < -0.4 is 10.1 Å². The molecular formula is C17H23NO4S. The minimum absolute atomic E-state index is 0.0747. The highest BCUT2D eigenvalue weighted by atomic mass is 32.2. The lowest BCUT2D eigenvalue weighted by atomic mass is 10.0. The van der Waals surface area contributed by atoms with E-state index in [4.69, 9.17) is 9.15 Å². The van der Waals surface area contributed by atoms with Gasteiger partial charge >= 0.3 is 0 Å². The number of ether oxygens (including phenoxy) is 1. The van der Waals surface area contributed by atoms with Gasteiger partial charge < -0.3 is 14.5 Å². The summed E-state index contributed by atoms with van der Waals surface area (Å²) in [5, 5.41) is 4.49. The molecule has 0 saturated carbocycles. The van der Waals surface area contributed by atoms with Gasteiger partial charge in [0.1, 0.15) is 15.6 Å². The van der Waals surface area contributed by atoms with Crippen molar-refractivity contribution in [2.75, 3.05) is 25.2 Å². The zero-order valence-electron chi connectivity index (χ0n) is 13.5. The maximum absolute atomic E-state index is 11.5. The van der Waals surface area contributed by atoms with E-state index in [1.807, 2.05) is 24.3 Å². The fraction of sp³-hybridized carbons (Fsp3) is 0.529. The van der Waals surface area contributed by atoms with Crippen LogP contribution in [0.4, 0.5) is 0 Å². The first kappa shape index (κ1) is 16.3. The fourth-order valence-electron chi connectivity index (χ4n) is 3.02. The van der Waals surface area contributed by atoms with Gasteiger partial charge in [-0.3, -0.25) is 0 Å². The number of furan rings is 1. The molecule has 1 atom stereocenters. The maximum atomic E-state index is 11.5. The molecule has 1 aliphatic heterocycles. The number of hydrogen-bond acceptors (Lipinski definition) is 5. The van der Waals surface area contributed by atoms with E-state index < -0.39 is 9.84 Å². The minimum Gasteiger partial charge on any atom is -0.493 e. The largest absolute Gasteiger partial charge is 0.493 e. The third kappa shape index (κ3) is 3.70. The van der Waals surface area contributed by atoms with Gasteiger partial charge in [0.2, 0.25) is 0 Å². The summed E-state index contributed by atoms with van der Waals surface area (Å²) in [6.07, 6.45) is 1.49. The van der Waals surface area contributed by atoms with Crippen LogP contribution in [0.1, 0.15) is 31.6 Å². The van der Waals surface area contributed by atoms with Crippen molar-refractivity contribution in [3.05, 3.63) is 30.0 Å². The Morgan fingerprint density at radius 2 is 2.09 bits per heavy atom. The zero-order chi connectivity index (χ0) is 16.4. The Kier molecular flexibility index (Phi) is 4.64. The first-order chi connectivity index (χ1) is 11.0. The van der Waals surface area contributed by atoms with E-state index in [0.717, 1.165) is 41.9 Å². The molecule has 0 radical (unpaired) electrons. The molecule has 1 aromatic carbocycles. The minimum atomic E-state index is -2.79. The van der Waals surface area contributed by atoms with Crippen LogP contribution in [0.2, 0.25) is 0 Å². The summed E-state index contributed by atoms with van der Waals surface area (Å²) in [5.74, 6) is 2.65. The van der Waals surface area contributed by atoms with Crippen LogP contribution in [-0.4, -0.2) is 33.6 Å². The van der Waals surface area contributed by atoms with Crippen LogP contribution in [-0.2, 0) is 9.84 Å². The number of para-hydroxylation sites is 1. The summed E-state index contributed by atoms with van der Waals surface area (Å²) in [6.45, 7) is 2.87. The molecule has 6 heteroatoms. The van der Waals surface area contributed by atoms with Gasteiger partial charge in [0.05, 0.1) is 24.7 Å². The Morgan fingerprint density at radius 1 is 1.35 bits per heavy atom. The Bertz CT molecular complexity index is 767. The quantitative estimate of drug-likeness (QED) is 0.908. The van der Waals surface area contributed by atoms with Gasteiger partial charge in [-0.1, -0.05) is 12.1 Å². The number of sulfone groups is 1. The molecule has 0 aliphatic carbocycles. The summed E-state index contributed by atoms with van der Waals surface area (Å²) >= 11 is 0. The topological polar surface area (TPSA) is 68.5 Å². The van der Waals surface area contributed by atoms with Crippen molar-refractivity contribution in [2.24, 2.45) is 5.92 Å². The van der Waals surface area contributed by atoms with Gasteiger partial charge in [0.15, 0.2) is 11.3 Å². The van der Waals surface area contributed by atoms with E-state index in [0.29, 0.717) is 17.4 Å². The SMILES string of the molecule is COc1cccc2cc([C@H](C)NCC3CCS(=O)(=O)CC3)oc12. The van der Waals surface area contributed by atoms with E-state index in [2.05, 4.69) is 12.2 Å². The second-order valence-corrected chi connectivity index (χ2v) is 8.56. The summed E-state index contributed by atoms with van der Waals surface area (Å²) in [5.41, 5.74) is 0.766. The van der Waals surface area contributed by atoms with E-state index in [1.54, 1.807) is 7.11 Å². The lowest BCUT2D eigenvalue weighted by molar-refractivity contribution is 0.376. The maximum Gasteiger partial charge on any atom is 0.176 e. The third-order valence-electron chi connectivity index (χ3n) is 4.56. The van der Waals surface area contributed by atoms with Crippen molar-refractivity contribution < 1.29 is 17.6 Å². The first-order valence-electron chi connectivity index (χ1n) is 7.99. The van der Waals surface area contributed by atoms with E-state index in [-0.39, 0.29) is 6.04 Å². The van der Waals surface area contributed by atoms with Gasteiger partial charge in [-0.05, 0) is 44.4 Å². The first-order valence-corrected chi connectivity index (χ1v) is 9.81. The van der Waals surface area contributed by atoms with Gasteiger partial charge in [-0.2, -0.15) is 0 Å². The second-order valence-electron chi connectivity index (χ2n) is 6.25. The van der Waals surface area contributed by atoms with Crippen molar-refractivity contribution in [3.8, 4) is 5.75 Å². The molecule has 23 heavy (non-hydrogen) atoms. The number of fused-ring (bicyclic) bond motifs is 1. The highest BCUT2D eigenvalue weighted by molar-refractivity contribution is 7.91. The standard InChI is InChI=1S/C17H23NO4S/c1-12(18-11-13-6-8-23(19,20)9-7-13)16-10-14-4-3-5-15(21-2)17(14)22-16/h3-5,10,12-13,18H,6-9,11H2,1-2H3/t12-/m0/s1. The van der Waals surface area contributed by atoms with Crippen LogP contribution in [0.25, 0.3) is 11.0 Å². The molecule has 1 fully saturated rings. The van der Waals surface area contributed by atoms with Crippen molar-refractivity contribution in [3.63, 3.8) is 0 Å². The van der Waals surface area contributed by atoms with Crippen LogP contribution in [0.5, 0.6) is 5.75 Å². The van der Waals surface area contributed by atoms with Crippen LogP contribution in [0, 0.1) is 5.92 Å². The third-order valence-corrected chi connectivity index (χ3v) is 6.28. The zero-order valence-corrected chi connectivity index (χ0v) is 14.4. The molecule has 0 spiro atoms.